The van der Waals surface area contributed by atoms with Crippen LogP contribution in [0.5, 0.6) is 5.75 Å². The van der Waals surface area contributed by atoms with Crippen molar-refractivity contribution in [2.75, 3.05) is 0 Å². The monoisotopic (exact) mass is 165 g/mol. The van der Waals surface area contributed by atoms with E-state index in [-0.39, 0.29) is 6.10 Å². The van der Waals surface area contributed by atoms with Crippen LogP contribution in [-0.4, -0.2) is 11.1 Å². The number of hydrogen-bond donors (Lipinski definition) is 0. The van der Waals surface area contributed by atoms with Crippen LogP contribution in [0.4, 0.5) is 0 Å². The van der Waals surface area contributed by atoms with Gasteiger partial charge in [-0.3, -0.25) is 4.98 Å². The summed E-state index contributed by atoms with van der Waals surface area (Å²) >= 11 is 0. The van der Waals surface area contributed by atoms with Crippen LogP contribution in [0.15, 0.2) is 12.1 Å². The zero-order valence-electron chi connectivity index (χ0n) is 8.09. The van der Waals surface area contributed by atoms with Crippen molar-refractivity contribution in [3.8, 4) is 5.75 Å². The van der Waals surface area contributed by atoms with E-state index in [0.29, 0.717) is 0 Å². The fraction of sp³-hybridized carbons (Fsp3) is 0.500. The number of aryl methyl sites for hydroxylation is 2. The largest absolute Gasteiger partial charge is 0.491 e. The first kappa shape index (κ1) is 9.04. The summed E-state index contributed by atoms with van der Waals surface area (Å²) in [7, 11) is 0. The van der Waals surface area contributed by atoms with Crippen molar-refractivity contribution in [3.05, 3.63) is 23.5 Å². The van der Waals surface area contributed by atoms with Crippen LogP contribution in [-0.2, 0) is 0 Å². The molecule has 0 atom stereocenters. The fourth-order valence-corrected chi connectivity index (χ4v) is 1.14. The number of rotatable bonds is 2. The average Bonchev–Trinajstić information content (AvgIpc) is 1.81. The number of hydrogen-bond acceptors (Lipinski definition) is 2. The van der Waals surface area contributed by atoms with Gasteiger partial charge in [-0.25, -0.2) is 0 Å². The van der Waals surface area contributed by atoms with E-state index in [2.05, 4.69) is 4.98 Å². The minimum atomic E-state index is 0.228. The normalized spacial score (nSPS) is 10.4. The molecule has 2 nitrogen and oxygen atoms in total. The highest BCUT2D eigenvalue weighted by atomic mass is 16.5. The number of aromatic nitrogens is 1. The van der Waals surface area contributed by atoms with Gasteiger partial charge in [0.1, 0.15) is 5.75 Å². The van der Waals surface area contributed by atoms with E-state index in [1.165, 1.54) is 0 Å². The molecule has 0 fully saturated rings. The molecule has 0 saturated carbocycles. The second-order valence-electron chi connectivity index (χ2n) is 3.25. The molecule has 0 unspecified atom stereocenters. The Hall–Kier alpha value is -1.05. The summed E-state index contributed by atoms with van der Waals surface area (Å²) in [4.78, 5) is 4.26. The molecule has 1 rings (SSSR count). The molecular formula is C10H15NO. The first-order valence-corrected chi connectivity index (χ1v) is 4.20. The van der Waals surface area contributed by atoms with Crippen molar-refractivity contribution in [3.63, 3.8) is 0 Å². The minimum absolute atomic E-state index is 0.228. The minimum Gasteiger partial charge on any atom is -0.491 e. The lowest BCUT2D eigenvalue weighted by atomic mass is 10.3. The van der Waals surface area contributed by atoms with Gasteiger partial charge in [0.25, 0.3) is 0 Å². The highest BCUT2D eigenvalue weighted by Gasteiger charge is 1.99. The van der Waals surface area contributed by atoms with E-state index in [1.807, 2.05) is 39.8 Å². The second kappa shape index (κ2) is 3.57. The van der Waals surface area contributed by atoms with E-state index in [0.717, 1.165) is 17.1 Å². The molecule has 12 heavy (non-hydrogen) atoms. The van der Waals surface area contributed by atoms with Crippen molar-refractivity contribution >= 4 is 0 Å². The van der Waals surface area contributed by atoms with Gasteiger partial charge in [0, 0.05) is 23.5 Å². The van der Waals surface area contributed by atoms with E-state index in [4.69, 9.17) is 4.74 Å². The Kier molecular flexibility index (Phi) is 2.69. The summed E-state index contributed by atoms with van der Waals surface area (Å²) in [6.45, 7) is 7.98. The van der Waals surface area contributed by atoms with Crippen LogP contribution in [0, 0.1) is 13.8 Å². The van der Waals surface area contributed by atoms with Gasteiger partial charge < -0.3 is 4.74 Å². The molecule has 0 aliphatic rings. The van der Waals surface area contributed by atoms with Crippen molar-refractivity contribution in [1.29, 1.82) is 0 Å². The van der Waals surface area contributed by atoms with Crippen LogP contribution in [0.25, 0.3) is 0 Å². The molecule has 0 N–H and O–H groups in total. The van der Waals surface area contributed by atoms with Gasteiger partial charge in [-0.05, 0) is 27.7 Å². The Morgan fingerprint density at radius 3 is 2.08 bits per heavy atom. The third kappa shape index (κ3) is 2.53. The first-order valence-electron chi connectivity index (χ1n) is 4.20. The molecular weight excluding hydrogens is 150 g/mol. The van der Waals surface area contributed by atoms with Crippen molar-refractivity contribution in [1.82, 2.24) is 4.98 Å². The van der Waals surface area contributed by atoms with Crippen LogP contribution >= 0.6 is 0 Å². The maximum Gasteiger partial charge on any atom is 0.123 e. The van der Waals surface area contributed by atoms with Crippen molar-refractivity contribution in [2.24, 2.45) is 0 Å². The first-order chi connectivity index (χ1) is 5.58. The maximum absolute atomic E-state index is 5.54. The molecule has 0 aliphatic carbocycles. The maximum atomic E-state index is 5.54. The molecule has 0 bridgehead atoms. The molecule has 1 aromatic rings. The van der Waals surface area contributed by atoms with Crippen LogP contribution < -0.4 is 4.74 Å². The Labute approximate surface area is 73.6 Å². The van der Waals surface area contributed by atoms with Gasteiger partial charge in [-0.2, -0.15) is 0 Å². The van der Waals surface area contributed by atoms with Gasteiger partial charge in [0.05, 0.1) is 6.10 Å². The average molecular weight is 165 g/mol. The molecule has 0 aromatic carbocycles. The number of ether oxygens (including phenoxy) is 1. The summed E-state index contributed by atoms with van der Waals surface area (Å²) in [5, 5.41) is 0. The lowest BCUT2D eigenvalue weighted by molar-refractivity contribution is 0.242. The predicted molar refractivity (Wildman–Crippen MR) is 49.5 cm³/mol. The summed E-state index contributed by atoms with van der Waals surface area (Å²) in [6, 6.07) is 3.90. The third-order valence-corrected chi connectivity index (χ3v) is 1.43. The highest BCUT2D eigenvalue weighted by molar-refractivity contribution is 5.26. The predicted octanol–water partition coefficient (Wildman–Crippen LogP) is 2.49. The molecule has 0 amide bonds. The van der Waals surface area contributed by atoms with Crippen molar-refractivity contribution < 1.29 is 4.74 Å². The summed E-state index contributed by atoms with van der Waals surface area (Å²) in [6.07, 6.45) is 0.228. The van der Waals surface area contributed by atoms with Crippen LogP contribution in [0.3, 0.4) is 0 Å². The Bertz CT molecular complexity index is 248. The zero-order valence-corrected chi connectivity index (χ0v) is 8.09. The zero-order chi connectivity index (χ0) is 9.14. The molecule has 0 spiro atoms. The smallest absolute Gasteiger partial charge is 0.123 e. The van der Waals surface area contributed by atoms with Crippen LogP contribution in [0.1, 0.15) is 25.2 Å². The molecule has 0 radical (unpaired) electrons. The third-order valence-electron chi connectivity index (χ3n) is 1.43. The van der Waals surface area contributed by atoms with Gasteiger partial charge in [0.2, 0.25) is 0 Å². The fourth-order valence-electron chi connectivity index (χ4n) is 1.14. The van der Waals surface area contributed by atoms with Gasteiger partial charge >= 0.3 is 0 Å². The summed E-state index contributed by atoms with van der Waals surface area (Å²) in [5.41, 5.74) is 2.01. The molecule has 1 aromatic heterocycles. The standard InChI is InChI=1S/C10H15NO/c1-7(2)12-10-5-8(3)11-9(4)6-10/h5-7H,1-4H3. The van der Waals surface area contributed by atoms with Gasteiger partial charge in [-0.1, -0.05) is 0 Å². The Balaban J connectivity index is 2.85. The van der Waals surface area contributed by atoms with Gasteiger partial charge in [-0.15, -0.1) is 0 Å². The summed E-state index contributed by atoms with van der Waals surface area (Å²) in [5.74, 6) is 0.912. The topological polar surface area (TPSA) is 22.1 Å². The van der Waals surface area contributed by atoms with E-state index in [1.54, 1.807) is 0 Å². The highest BCUT2D eigenvalue weighted by Crippen LogP contribution is 2.14. The van der Waals surface area contributed by atoms with E-state index >= 15 is 0 Å². The summed E-state index contributed by atoms with van der Waals surface area (Å²) < 4.78 is 5.54. The molecule has 0 aliphatic heterocycles. The number of pyridine rings is 1. The quantitative estimate of drug-likeness (QED) is 0.671. The lowest BCUT2D eigenvalue weighted by Crippen LogP contribution is -2.06. The Morgan fingerprint density at radius 1 is 1.17 bits per heavy atom. The van der Waals surface area contributed by atoms with Crippen molar-refractivity contribution in [2.45, 2.75) is 33.8 Å². The molecule has 2 heteroatoms. The van der Waals surface area contributed by atoms with Gasteiger partial charge in [0.15, 0.2) is 0 Å². The molecule has 0 saturated heterocycles. The molecule has 66 valence electrons. The second-order valence-corrected chi connectivity index (χ2v) is 3.25. The SMILES string of the molecule is Cc1cc(OC(C)C)cc(C)n1. The van der Waals surface area contributed by atoms with E-state index < -0.39 is 0 Å². The Morgan fingerprint density at radius 2 is 1.67 bits per heavy atom. The number of nitrogens with zero attached hydrogens (tertiary/aromatic N) is 1. The van der Waals surface area contributed by atoms with E-state index in [9.17, 15) is 0 Å². The molecule has 1 heterocycles. The van der Waals surface area contributed by atoms with Crippen LogP contribution in [0.2, 0.25) is 0 Å². The lowest BCUT2D eigenvalue weighted by Gasteiger charge is -2.10.